The van der Waals surface area contributed by atoms with E-state index < -0.39 is 0 Å². The van der Waals surface area contributed by atoms with E-state index in [1.165, 1.54) is 16.7 Å². The predicted octanol–water partition coefficient (Wildman–Crippen LogP) is 5.38. The minimum absolute atomic E-state index is 0.158. The molecule has 150 valence electrons. The van der Waals surface area contributed by atoms with Crippen molar-refractivity contribution >= 4 is 11.5 Å². The molecule has 3 aromatic rings. The predicted molar refractivity (Wildman–Crippen MR) is 119 cm³/mol. The lowest BCUT2D eigenvalue weighted by Gasteiger charge is -2.29. The van der Waals surface area contributed by atoms with Gasteiger partial charge in [-0.05, 0) is 42.0 Å². The first kappa shape index (κ1) is 19.6. The Morgan fingerprint density at radius 2 is 1.69 bits per heavy atom. The SMILES string of the molecule is Cc1nc2c(c(Nc3ccc(C(C)(C)C)cc3)n1)CCN(Cc1ccccc1)C2. The van der Waals surface area contributed by atoms with E-state index in [1.54, 1.807) is 0 Å². The minimum atomic E-state index is 0.158. The fraction of sp³-hybridized carbons (Fsp3) is 0.360. The Hall–Kier alpha value is -2.72. The van der Waals surface area contributed by atoms with Crippen molar-refractivity contribution in [2.75, 3.05) is 11.9 Å². The maximum atomic E-state index is 4.76. The lowest BCUT2D eigenvalue weighted by Crippen LogP contribution is -2.31. The zero-order chi connectivity index (χ0) is 20.4. The highest BCUT2D eigenvalue weighted by molar-refractivity contribution is 5.61. The summed E-state index contributed by atoms with van der Waals surface area (Å²) < 4.78 is 0. The van der Waals surface area contributed by atoms with E-state index in [4.69, 9.17) is 9.97 Å². The van der Waals surface area contributed by atoms with Crippen molar-refractivity contribution < 1.29 is 0 Å². The zero-order valence-corrected chi connectivity index (χ0v) is 17.9. The Morgan fingerprint density at radius 3 is 2.38 bits per heavy atom. The normalized spacial score (nSPS) is 14.5. The third-order valence-electron chi connectivity index (χ3n) is 5.52. The molecule has 0 unspecified atom stereocenters. The molecule has 1 N–H and O–H groups in total. The average Bonchev–Trinajstić information content (AvgIpc) is 2.68. The van der Waals surface area contributed by atoms with Gasteiger partial charge in [-0.2, -0.15) is 0 Å². The van der Waals surface area contributed by atoms with E-state index in [0.717, 1.165) is 49.1 Å². The van der Waals surface area contributed by atoms with Crippen molar-refractivity contribution in [3.63, 3.8) is 0 Å². The molecule has 2 heterocycles. The topological polar surface area (TPSA) is 41.1 Å². The summed E-state index contributed by atoms with van der Waals surface area (Å²) in [4.78, 5) is 11.9. The Balaban J connectivity index is 1.53. The second-order valence-electron chi connectivity index (χ2n) is 8.94. The number of aryl methyl sites for hydroxylation is 1. The number of fused-ring (bicyclic) bond motifs is 1. The quantitative estimate of drug-likeness (QED) is 0.653. The molecule has 1 aliphatic rings. The molecular weight excluding hydrogens is 356 g/mol. The molecule has 0 fully saturated rings. The van der Waals surface area contributed by atoms with Crippen molar-refractivity contribution in [1.29, 1.82) is 0 Å². The van der Waals surface area contributed by atoms with Gasteiger partial charge in [0.05, 0.1) is 5.69 Å². The summed E-state index contributed by atoms with van der Waals surface area (Å²) in [7, 11) is 0. The molecule has 0 spiro atoms. The van der Waals surface area contributed by atoms with Crippen LogP contribution in [0.4, 0.5) is 11.5 Å². The number of nitrogens with zero attached hydrogens (tertiary/aromatic N) is 3. The van der Waals surface area contributed by atoms with Gasteiger partial charge in [-0.1, -0.05) is 63.2 Å². The molecule has 2 aromatic carbocycles. The van der Waals surface area contributed by atoms with Crippen LogP contribution in [0.2, 0.25) is 0 Å². The summed E-state index contributed by atoms with van der Waals surface area (Å²) in [6, 6.07) is 19.3. The molecular formula is C25H30N4. The number of hydrogen-bond acceptors (Lipinski definition) is 4. The lowest BCUT2D eigenvalue weighted by molar-refractivity contribution is 0.241. The summed E-state index contributed by atoms with van der Waals surface area (Å²) >= 11 is 0. The van der Waals surface area contributed by atoms with Gasteiger partial charge in [0.15, 0.2) is 0 Å². The van der Waals surface area contributed by atoms with E-state index >= 15 is 0 Å². The van der Waals surface area contributed by atoms with Crippen LogP contribution in [0, 0.1) is 6.92 Å². The van der Waals surface area contributed by atoms with Gasteiger partial charge in [-0.25, -0.2) is 9.97 Å². The molecule has 29 heavy (non-hydrogen) atoms. The van der Waals surface area contributed by atoms with Crippen LogP contribution in [-0.4, -0.2) is 21.4 Å². The van der Waals surface area contributed by atoms with E-state index in [9.17, 15) is 0 Å². The lowest BCUT2D eigenvalue weighted by atomic mass is 9.87. The molecule has 0 aliphatic carbocycles. The van der Waals surface area contributed by atoms with Gasteiger partial charge in [-0.3, -0.25) is 4.90 Å². The van der Waals surface area contributed by atoms with Gasteiger partial charge < -0.3 is 5.32 Å². The highest BCUT2D eigenvalue weighted by atomic mass is 15.1. The third-order valence-corrected chi connectivity index (χ3v) is 5.52. The summed E-state index contributed by atoms with van der Waals surface area (Å²) in [5.41, 5.74) is 6.31. The van der Waals surface area contributed by atoms with Crippen LogP contribution in [0.3, 0.4) is 0 Å². The Morgan fingerprint density at radius 1 is 0.966 bits per heavy atom. The number of benzene rings is 2. The molecule has 0 amide bonds. The fourth-order valence-corrected chi connectivity index (χ4v) is 3.88. The number of hydrogen-bond donors (Lipinski definition) is 1. The number of nitrogens with one attached hydrogen (secondary N) is 1. The van der Waals surface area contributed by atoms with E-state index in [2.05, 4.69) is 85.6 Å². The maximum absolute atomic E-state index is 4.76. The van der Waals surface area contributed by atoms with Crippen molar-refractivity contribution in [2.45, 2.75) is 52.6 Å². The molecule has 4 heteroatoms. The van der Waals surface area contributed by atoms with Crippen LogP contribution >= 0.6 is 0 Å². The van der Waals surface area contributed by atoms with Crippen LogP contribution in [0.5, 0.6) is 0 Å². The summed E-state index contributed by atoms with van der Waals surface area (Å²) in [6.07, 6.45) is 0.963. The molecule has 1 aliphatic heterocycles. The van der Waals surface area contributed by atoms with E-state index in [1.807, 2.05) is 6.92 Å². The van der Waals surface area contributed by atoms with Crippen LogP contribution in [0.25, 0.3) is 0 Å². The molecule has 1 aromatic heterocycles. The van der Waals surface area contributed by atoms with Gasteiger partial charge in [0.1, 0.15) is 11.6 Å². The van der Waals surface area contributed by atoms with Gasteiger partial charge in [0.2, 0.25) is 0 Å². The van der Waals surface area contributed by atoms with Gasteiger partial charge in [0, 0.05) is 30.9 Å². The van der Waals surface area contributed by atoms with Crippen molar-refractivity contribution in [2.24, 2.45) is 0 Å². The molecule has 0 saturated carbocycles. The van der Waals surface area contributed by atoms with E-state index in [-0.39, 0.29) is 5.41 Å². The average molecular weight is 387 g/mol. The highest BCUT2D eigenvalue weighted by Crippen LogP contribution is 2.28. The van der Waals surface area contributed by atoms with Gasteiger partial charge in [0.25, 0.3) is 0 Å². The third kappa shape index (κ3) is 4.65. The largest absolute Gasteiger partial charge is 0.340 e. The molecule has 4 rings (SSSR count). The smallest absolute Gasteiger partial charge is 0.137 e. The second kappa shape index (κ2) is 7.96. The van der Waals surface area contributed by atoms with Gasteiger partial charge >= 0.3 is 0 Å². The molecule has 0 radical (unpaired) electrons. The van der Waals surface area contributed by atoms with Crippen LogP contribution in [0.15, 0.2) is 54.6 Å². The second-order valence-corrected chi connectivity index (χ2v) is 8.94. The highest BCUT2D eigenvalue weighted by Gasteiger charge is 2.22. The molecule has 4 nitrogen and oxygen atoms in total. The first-order chi connectivity index (χ1) is 13.9. The first-order valence-corrected chi connectivity index (χ1v) is 10.4. The minimum Gasteiger partial charge on any atom is -0.340 e. The standard InChI is InChI=1S/C25H30N4/c1-18-26-23-17-29(16-19-8-6-5-7-9-19)15-14-22(23)24(27-18)28-21-12-10-20(11-13-21)25(2,3)4/h5-13H,14-17H2,1-4H3,(H,26,27,28). The Kier molecular flexibility index (Phi) is 5.37. The maximum Gasteiger partial charge on any atom is 0.137 e. The van der Waals surface area contributed by atoms with Crippen molar-refractivity contribution in [3.8, 4) is 0 Å². The van der Waals surface area contributed by atoms with Crippen LogP contribution in [0.1, 0.15) is 49.0 Å². The molecule has 0 atom stereocenters. The number of anilines is 2. The van der Waals surface area contributed by atoms with Crippen LogP contribution < -0.4 is 5.32 Å². The van der Waals surface area contributed by atoms with Gasteiger partial charge in [-0.15, -0.1) is 0 Å². The van der Waals surface area contributed by atoms with Crippen molar-refractivity contribution in [1.82, 2.24) is 14.9 Å². The molecule has 0 bridgehead atoms. The van der Waals surface area contributed by atoms with Crippen molar-refractivity contribution in [3.05, 3.63) is 82.8 Å². The summed E-state index contributed by atoms with van der Waals surface area (Å²) in [6.45, 7) is 11.5. The number of rotatable bonds is 4. The fourth-order valence-electron chi connectivity index (χ4n) is 3.88. The first-order valence-electron chi connectivity index (χ1n) is 10.4. The number of aromatic nitrogens is 2. The Bertz CT molecular complexity index is 972. The summed E-state index contributed by atoms with van der Waals surface area (Å²) in [5.74, 6) is 1.77. The summed E-state index contributed by atoms with van der Waals surface area (Å²) in [5, 5.41) is 3.55. The zero-order valence-electron chi connectivity index (χ0n) is 17.9. The monoisotopic (exact) mass is 386 g/mol. The molecule has 0 saturated heterocycles. The van der Waals surface area contributed by atoms with E-state index in [0.29, 0.717) is 0 Å². The Labute approximate surface area is 174 Å². The van der Waals surface area contributed by atoms with Crippen LogP contribution in [-0.2, 0) is 24.9 Å².